The standard InChI is InChI=1S/C14H25NO2S/c1-11-9-15(5-2-13(11)16)12-3-6-17-14(8-12)4-7-18-10-14/h11-13,16H,2-10H2,1H3. The highest BCUT2D eigenvalue weighted by molar-refractivity contribution is 7.99. The average molecular weight is 271 g/mol. The first-order valence-corrected chi connectivity index (χ1v) is 8.48. The van der Waals surface area contributed by atoms with Crippen molar-refractivity contribution in [1.29, 1.82) is 0 Å². The molecule has 0 radical (unpaired) electrons. The van der Waals surface area contributed by atoms with Crippen molar-refractivity contribution in [3.8, 4) is 0 Å². The monoisotopic (exact) mass is 271 g/mol. The van der Waals surface area contributed by atoms with Crippen LogP contribution < -0.4 is 0 Å². The van der Waals surface area contributed by atoms with Crippen LogP contribution in [0, 0.1) is 5.92 Å². The number of aliphatic hydroxyl groups excluding tert-OH is 1. The van der Waals surface area contributed by atoms with Gasteiger partial charge < -0.3 is 9.84 Å². The Hall–Kier alpha value is 0.230. The Morgan fingerprint density at radius 3 is 3.00 bits per heavy atom. The van der Waals surface area contributed by atoms with Gasteiger partial charge in [-0.15, -0.1) is 0 Å². The van der Waals surface area contributed by atoms with Gasteiger partial charge in [0.15, 0.2) is 0 Å². The maximum Gasteiger partial charge on any atom is 0.0795 e. The van der Waals surface area contributed by atoms with Gasteiger partial charge in [-0.25, -0.2) is 0 Å². The van der Waals surface area contributed by atoms with Crippen molar-refractivity contribution in [1.82, 2.24) is 4.90 Å². The maximum atomic E-state index is 9.84. The zero-order valence-corrected chi connectivity index (χ0v) is 12.1. The molecule has 1 N–H and O–H groups in total. The number of hydrogen-bond acceptors (Lipinski definition) is 4. The number of likely N-dealkylation sites (tertiary alicyclic amines) is 1. The molecular weight excluding hydrogens is 246 g/mol. The Morgan fingerprint density at radius 2 is 2.28 bits per heavy atom. The Balaban J connectivity index is 1.62. The summed E-state index contributed by atoms with van der Waals surface area (Å²) < 4.78 is 6.10. The van der Waals surface area contributed by atoms with Gasteiger partial charge in [-0.1, -0.05) is 6.92 Å². The van der Waals surface area contributed by atoms with Crippen LogP contribution in [-0.4, -0.2) is 59.0 Å². The Morgan fingerprint density at radius 1 is 1.39 bits per heavy atom. The number of ether oxygens (including phenoxy) is 1. The van der Waals surface area contributed by atoms with Gasteiger partial charge in [0, 0.05) is 31.5 Å². The first kappa shape index (κ1) is 13.2. The first-order valence-electron chi connectivity index (χ1n) is 7.32. The summed E-state index contributed by atoms with van der Waals surface area (Å²) in [5.74, 6) is 2.88. The van der Waals surface area contributed by atoms with Crippen LogP contribution in [0.2, 0.25) is 0 Å². The summed E-state index contributed by atoms with van der Waals surface area (Å²) in [5, 5.41) is 9.84. The van der Waals surface area contributed by atoms with E-state index in [9.17, 15) is 5.11 Å². The van der Waals surface area contributed by atoms with Crippen LogP contribution in [0.5, 0.6) is 0 Å². The fourth-order valence-electron chi connectivity index (χ4n) is 3.67. The van der Waals surface area contributed by atoms with Crippen molar-refractivity contribution in [2.45, 2.75) is 50.4 Å². The number of rotatable bonds is 1. The van der Waals surface area contributed by atoms with E-state index in [1.54, 1.807) is 0 Å². The summed E-state index contributed by atoms with van der Waals surface area (Å²) in [4.78, 5) is 2.62. The molecule has 0 aromatic heterocycles. The van der Waals surface area contributed by atoms with Gasteiger partial charge in [-0.05, 0) is 37.4 Å². The second kappa shape index (κ2) is 5.31. The molecule has 3 heterocycles. The lowest BCUT2D eigenvalue weighted by Gasteiger charge is -2.45. The minimum Gasteiger partial charge on any atom is -0.393 e. The van der Waals surface area contributed by atoms with Crippen molar-refractivity contribution in [3.63, 3.8) is 0 Å². The van der Waals surface area contributed by atoms with E-state index in [4.69, 9.17) is 4.74 Å². The molecule has 0 aromatic rings. The Kier molecular flexibility index (Phi) is 3.90. The quantitative estimate of drug-likeness (QED) is 0.787. The largest absolute Gasteiger partial charge is 0.393 e. The van der Waals surface area contributed by atoms with Crippen molar-refractivity contribution in [2.24, 2.45) is 5.92 Å². The lowest BCUT2D eigenvalue weighted by molar-refractivity contribution is -0.0995. The number of aliphatic hydroxyl groups is 1. The van der Waals surface area contributed by atoms with Crippen LogP contribution in [0.15, 0.2) is 0 Å². The van der Waals surface area contributed by atoms with Crippen LogP contribution >= 0.6 is 11.8 Å². The van der Waals surface area contributed by atoms with Crippen LogP contribution in [0.3, 0.4) is 0 Å². The maximum absolute atomic E-state index is 9.84. The fourth-order valence-corrected chi connectivity index (χ4v) is 5.05. The SMILES string of the molecule is CC1CN(C2CCOC3(CCSC3)C2)CCC1O. The molecule has 1 spiro atoms. The van der Waals surface area contributed by atoms with Crippen molar-refractivity contribution in [2.75, 3.05) is 31.2 Å². The molecule has 4 heteroatoms. The van der Waals surface area contributed by atoms with Gasteiger partial charge in [0.05, 0.1) is 11.7 Å². The van der Waals surface area contributed by atoms with E-state index >= 15 is 0 Å². The summed E-state index contributed by atoms with van der Waals surface area (Å²) >= 11 is 2.05. The smallest absolute Gasteiger partial charge is 0.0795 e. The Bertz CT molecular complexity index is 294. The lowest BCUT2D eigenvalue weighted by atomic mass is 9.86. The third-order valence-corrected chi connectivity index (χ3v) is 6.16. The molecule has 3 fully saturated rings. The van der Waals surface area contributed by atoms with Crippen LogP contribution in [0.25, 0.3) is 0 Å². The molecule has 0 saturated carbocycles. The van der Waals surface area contributed by atoms with E-state index in [1.807, 2.05) is 11.8 Å². The van der Waals surface area contributed by atoms with Gasteiger partial charge in [-0.2, -0.15) is 11.8 Å². The average Bonchev–Trinajstić information content (AvgIpc) is 2.81. The summed E-state index contributed by atoms with van der Waals surface area (Å²) in [7, 11) is 0. The molecule has 0 aromatic carbocycles. The number of nitrogens with zero attached hydrogens (tertiary/aromatic N) is 1. The summed E-state index contributed by atoms with van der Waals surface area (Å²) in [6.45, 7) is 5.24. The van der Waals surface area contributed by atoms with Crippen LogP contribution in [-0.2, 0) is 4.74 Å². The van der Waals surface area contributed by atoms with E-state index in [-0.39, 0.29) is 11.7 Å². The molecule has 3 aliphatic rings. The molecule has 3 nitrogen and oxygen atoms in total. The molecule has 0 amide bonds. The van der Waals surface area contributed by atoms with Crippen LogP contribution in [0.1, 0.15) is 32.6 Å². The molecule has 4 unspecified atom stereocenters. The third-order valence-electron chi connectivity index (χ3n) is 4.94. The molecule has 3 saturated heterocycles. The van der Waals surface area contributed by atoms with Crippen molar-refractivity contribution < 1.29 is 9.84 Å². The van der Waals surface area contributed by atoms with Gasteiger partial charge in [-0.3, -0.25) is 4.90 Å². The van der Waals surface area contributed by atoms with Gasteiger partial charge in [0.1, 0.15) is 0 Å². The van der Waals surface area contributed by atoms with Crippen molar-refractivity contribution >= 4 is 11.8 Å². The van der Waals surface area contributed by atoms with Crippen molar-refractivity contribution in [3.05, 3.63) is 0 Å². The minimum absolute atomic E-state index is 0.0860. The summed E-state index contributed by atoms with van der Waals surface area (Å²) in [6.07, 6.45) is 4.48. The van der Waals surface area contributed by atoms with Gasteiger partial charge >= 0.3 is 0 Å². The third kappa shape index (κ3) is 2.58. The summed E-state index contributed by atoms with van der Waals surface area (Å²) in [5.41, 5.74) is 0.187. The van der Waals surface area contributed by atoms with Gasteiger partial charge in [0.2, 0.25) is 0 Å². The molecule has 0 aliphatic carbocycles. The van der Waals surface area contributed by atoms with E-state index < -0.39 is 0 Å². The normalized spacial score (nSPS) is 46.7. The highest BCUT2D eigenvalue weighted by Gasteiger charge is 2.42. The second-order valence-corrected chi connectivity index (χ2v) is 7.41. The molecule has 0 bridgehead atoms. The molecular formula is C14H25NO2S. The number of hydrogen-bond donors (Lipinski definition) is 1. The topological polar surface area (TPSA) is 32.7 Å². The predicted molar refractivity (Wildman–Crippen MR) is 75.0 cm³/mol. The number of thioether (sulfide) groups is 1. The zero-order chi connectivity index (χ0) is 12.6. The molecule has 3 rings (SSSR count). The second-order valence-electron chi connectivity index (χ2n) is 6.31. The lowest BCUT2D eigenvalue weighted by Crippen LogP contribution is -2.53. The van der Waals surface area contributed by atoms with E-state index in [2.05, 4.69) is 11.8 Å². The first-order chi connectivity index (χ1) is 8.69. The fraction of sp³-hybridized carbons (Fsp3) is 1.00. The predicted octanol–water partition coefficient (Wildman–Crippen LogP) is 1.74. The molecule has 104 valence electrons. The molecule has 18 heavy (non-hydrogen) atoms. The van der Waals surface area contributed by atoms with E-state index in [1.165, 1.54) is 30.8 Å². The number of piperidine rings is 1. The molecule has 4 atom stereocenters. The van der Waals surface area contributed by atoms with E-state index in [0.717, 1.165) is 26.1 Å². The van der Waals surface area contributed by atoms with Gasteiger partial charge in [0.25, 0.3) is 0 Å². The Labute approximate surface area is 114 Å². The molecule has 3 aliphatic heterocycles. The zero-order valence-electron chi connectivity index (χ0n) is 11.3. The van der Waals surface area contributed by atoms with Crippen LogP contribution in [0.4, 0.5) is 0 Å². The highest BCUT2D eigenvalue weighted by Crippen LogP contribution is 2.40. The highest BCUT2D eigenvalue weighted by atomic mass is 32.2. The van der Waals surface area contributed by atoms with E-state index in [0.29, 0.717) is 12.0 Å². The summed E-state index contributed by atoms with van der Waals surface area (Å²) in [6, 6.07) is 0.687. The minimum atomic E-state index is -0.0860.